The Balaban J connectivity index is 2.44. The molecule has 1 aromatic carbocycles. The van der Waals surface area contributed by atoms with Crippen molar-refractivity contribution in [2.75, 3.05) is 0 Å². The summed E-state index contributed by atoms with van der Waals surface area (Å²) in [5, 5.41) is 0.468. The van der Waals surface area contributed by atoms with Crippen LogP contribution in [0.5, 0.6) is 0 Å². The summed E-state index contributed by atoms with van der Waals surface area (Å²) in [7, 11) is 0. The third-order valence-electron chi connectivity index (χ3n) is 1.93. The number of halogens is 1. The molecular formula is C11H9ClN2. The van der Waals surface area contributed by atoms with Crippen LogP contribution in [0.1, 0.15) is 5.56 Å². The van der Waals surface area contributed by atoms with Gasteiger partial charge in [0.1, 0.15) is 5.15 Å². The summed E-state index contributed by atoms with van der Waals surface area (Å²) in [6, 6.07) is 9.69. The Morgan fingerprint density at radius 1 is 1.07 bits per heavy atom. The molecule has 2 nitrogen and oxygen atoms in total. The first-order chi connectivity index (χ1) is 6.75. The molecule has 0 unspecified atom stereocenters. The van der Waals surface area contributed by atoms with E-state index in [9.17, 15) is 0 Å². The van der Waals surface area contributed by atoms with Gasteiger partial charge in [0.2, 0.25) is 0 Å². The Bertz CT molecular complexity index is 437. The van der Waals surface area contributed by atoms with Crippen LogP contribution in [0, 0.1) is 6.92 Å². The van der Waals surface area contributed by atoms with Crippen molar-refractivity contribution >= 4 is 11.6 Å². The molecule has 14 heavy (non-hydrogen) atoms. The number of nitrogens with zero attached hydrogens (tertiary/aromatic N) is 2. The monoisotopic (exact) mass is 204 g/mol. The summed E-state index contributed by atoms with van der Waals surface area (Å²) < 4.78 is 0. The second kappa shape index (κ2) is 3.76. The molecule has 0 saturated heterocycles. The van der Waals surface area contributed by atoms with E-state index in [4.69, 9.17) is 11.6 Å². The van der Waals surface area contributed by atoms with E-state index >= 15 is 0 Å². The first kappa shape index (κ1) is 9.16. The minimum atomic E-state index is 0.468. The Morgan fingerprint density at radius 2 is 1.79 bits per heavy atom. The second-order valence-electron chi connectivity index (χ2n) is 3.07. The first-order valence-corrected chi connectivity index (χ1v) is 4.69. The number of benzene rings is 1. The molecule has 2 aromatic rings. The number of hydrogen-bond donors (Lipinski definition) is 0. The van der Waals surface area contributed by atoms with Gasteiger partial charge in [-0.25, -0.2) is 9.97 Å². The molecule has 70 valence electrons. The quantitative estimate of drug-likeness (QED) is 0.667. The fourth-order valence-electron chi connectivity index (χ4n) is 1.18. The molecule has 1 heterocycles. The number of aryl methyl sites for hydroxylation is 1. The van der Waals surface area contributed by atoms with E-state index < -0.39 is 0 Å². The smallest absolute Gasteiger partial charge is 0.160 e. The zero-order valence-corrected chi connectivity index (χ0v) is 8.49. The molecule has 0 atom stereocenters. The molecule has 1 aromatic heterocycles. The largest absolute Gasteiger partial charge is 0.236 e. The van der Waals surface area contributed by atoms with E-state index in [2.05, 4.69) is 9.97 Å². The van der Waals surface area contributed by atoms with Crippen LogP contribution < -0.4 is 0 Å². The van der Waals surface area contributed by atoms with Crippen molar-refractivity contribution in [3.8, 4) is 11.4 Å². The lowest BCUT2D eigenvalue weighted by Crippen LogP contribution is -1.87. The predicted octanol–water partition coefficient (Wildman–Crippen LogP) is 3.11. The first-order valence-electron chi connectivity index (χ1n) is 4.31. The molecule has 0 spiro atoms. The number of aromatic nitrogens is 2. The van der Waals surface area contributed by atoms with Crippen LogP contribution in [0.25, 0.3) is 11.4 Å². The average molecular weight is 205 g/mol. The molecule has 0 aliphatic carbocycles. The zero-order chi connectivity index (χ0) is 9.97. The van der Waals surface area contributed by atoms with Gasteiger partial charge in [0.05, 0.1) is 0 Å². The number of rotatable bonds is 1. The van der Waals surface area contributed by atoms with Crippen molar-refractivity contribution in [2.24, 2.45) is 0 Å². The van der Waals surface area contributed by atoms with Crippen LogP contribution in [-0.4, -0.2) is 9.97 Å². The molecule has 0 bridgehead atoms. The highest BCUT2D eigenvalue weighted by atomic mass is 35.5. The maximum absolute atomic E-state index is 5.77. The predicted molar refractivity (Wildman–Crippen MR) is 57.2 cm³/mol. The van der Waals surface area contributed by atoms with Gasteiger partial charge in [0, 0.05) is 11.8 Å². The lowest BCUT2D eigenvalue weighted by molar-refractivity contribution is 1.17. The molecule has 0 amide bonds. The molecule has 3 heteroatoms. The molecule has 0 fully saturated rings. The highest BCUT2D eigenvalue weighted by Gasteiger charge is 2.00. The maximum Gasteiger partial charge on any atom is 0.160 e. The summed E-state index contributed by atoms with van der Waals surface area (Å²) in [6.45, 7) is 2.04. The normalized spacial score (nSPS) is 10.1. The Labute approximate surface area is 87.6 Å². The van der Waals surface area contributed by atoms with Gasteiger partial charge in [0.25, 0.3) is 0 Å². The topological polar surface area (TPSA) is 25.8 Å². The SMILES string of the molecule is Cc1ccc(-c2nccc(Cl)n2)cc1. The molecular weight excluding hydrogens is 196 g/mol. The van der Waals surface area contributed by atoms with Gasteiger partial charge in [-0.15, -0.1) is 0 Å². The van der Waals surface area contributed by atoms with Gasteiger partial charge in [-0.1, -0.05) is 41.4 Å². The van der Waals surface area contributed by atoms with Crippen LogP contribution in [-0.2, 0) is 0 Å². The van der Waals surface area contributed by atoms with Gasteiger partial charge in [-0.05, 0) is 13.0 Å². The van der Waals surface area contributed by atoms with Crippen LogP contribution in [0.2, 0.25) is 5.15 Å². The van der Waals surface area contributed by atoms with Crippen LogP contribution in [0.4, 0.5) is 0 Å². The molecule has 0 aliphatic heterocycles. The van der Waals surface area contributed by atoms with Crippen LogP contribution >= 0.6 is 11.6 Å². The third-order valence-corrected chi connectivity index (χ3v) is 2.14. The zero-order valence-electron chi connectivity index (χ0n) is 7.74. The minimum Gasteiger partial charge on any atom is -0.236 e. The maximum atomic E-state index is 5.77. The number of hydrogen-bond acceptors (Lipinski definition) is 2. The summed E-state index contributed by atoms with van der Waals surface area (Å²) in [4.78, 5) is 8.27. The van der Waals surface area contributed by atoms with Gasteiger partial charge >= 0.3 is 0 Å². The van der Waals surface area contributed by atoms with Crippen molar-refractivity contribution in [1.29, 1.82) is 0 Å². The van der Waals surface area contributed by atoms with E-state index in [1.165, 1.54) is 5.56 Å². The van der Waals surface area contributed by atoms with Crippen molar-refractivity contribution < 1.29 is 0 Å². The Hall–Kier alpha value is -1.41. The Kier molecular flexibility index (Phi) is 2.46. The summed E-state index contributed by atoms with van der Waals surface area (Å²) in [6.07, 6.45) is 1.66. The van der Waals surface area contributed by atoms with Crippen molar-refractivity contribution in [2.45, 2.75) is 6.92 Å². The van der Waals surface area contributed by atoms with Crippen molar-refractivity contribution in [3.63, 3.8) is 0 Å². The highest BCUT2D eigenvalue weighted by molar-refractivity contribution is 6.29. The van der Waals surface area contributed by atoms with E-state index in [1.807, 2.05) is 31.2 Å². The molecule has 2 rings (SSSR count). The van der Waals surface area contributed by atoms with Crippen LogP contribution in [0.3, 0.4) is 0 Å². The fraction of sp³-hybridized carbons (Fsp3) is 0.0909. The van der Waals surface area contributed by atoms with E-state index in [-0.39, 0.29) is 0 Å². The molecule has 0 aliphatic rings. The second-order valence-corrected chi connectivity index (χ2v) is 3.46. The fourth-order valence-corrected chi connectivity index (χ4v) is 1.31. The molecule has 0 radical (unpaired) electrons. The minimum absolute atomic E-state index is 0.468. The summed E-state index contributed by atoms with van der Waals surface area (Å²) in [5.41, 5.74) is 2.20. The van der Waals surface area contributed by atoms with Crippen molar-refractivity contribution in [1.82, 2.24) is 9.97 Å². The van der Waals surface area contributed by atoms with Gasteiger partial charge < -0.3 is 0 Å². The van der Waals surface area contributed by atoms with E-state index in [1.54, 1.807) is 12.3 Å². The van der Waals surface area contributed by atoms with Gasteiger partial charge in [0.15, 0.2) is 5.82 Å². The third kappa shape index (κ3) is 1.91. The molecule has 0 N–H and O–H groups in total. The lowest BCUT2D eigenvalue weighted by atomic mass is 10.1. The summed E-state index contributed by atoms with van der Waals surface area (Å²) in [5.74, 6) is 0.664. The van der Waals surface area contributed by atoms with Gasteiger partial charge in [-0.2, -0.15) is 0 Å². The molecule has 0 saturated carbocycles. The lowest BCUT2D eigenvalue weighted by Gasteiger charge is -2.00. The van der Waals surface area contributed by atoms with E-state index in [0.29, 0.717) is 11.0 Å². The Morgan fingerprint density at radius 3 is 2.43 bits per heavy atom. The summed E-state index contributed by atoms with van der Waals surface area (Å²) >= 11 is 5.77. The average Bonchev–Trinajstić information content (AvgIpc) is 2.19. The van der Waals surface area contributed by atoms with Gasteiger partial charge in [-0.3, -0.25) is 0 Å². The highest BCUT2D eigenvalue weighted by Crippen LogP contribution is 2.16. The standard InChI is InChI=1S/C11H9ClN2/c1-8-2-4-9(5-3-8)11-13-7-6-10(12)14-11/h2-7H,1H3. The van der Waals surface area contributed by atoms with Crippen molar-refractivity contribution in [3.05, 3.63) is 47.2 Å². The van der Waals surface area contributed by atoms with Crippen LogP contribution in [0.15, 0.2) is 36.5 Å². The van der Waals surface area contributed by atoms with E-state index in [0.717, 1.165) is 5.56 Å².